The number of benzene rings is 2. The Bertz CT molecular complexity index is 1510. The molecule has 5 rings (SSSR count). The largest absolute Gasteiger partial charge is 0.493 e. The number of ether oxygens (including phenoxy) is 1. The summed E-state index contributed by atoms with van der Waals surface area (Å²) in [6, 6.07) is 7.58. The van der Waals surface area contributed by atoms with Crippen LogP contribution in [0, 0.1) is 5.82 Å². The number of hydrogen-bond donors (Lipinski definition) is 1. The number of aromatic nitrogens is 5. The molecule has 186 valence electrons. The fourth-order valence-corrected chi connectivity index (χ4v) is 4.93. The Balaban J connectivity index is 1.53. The first kappa shape index (κ1) is 23.7. The zero-order valence-corrected chi connectivity index (χ0v) is 19.0. The first-order valence-electron chi connectivity index (χ1n) is 10.5. The third-order valence-electron chi connectivity index (χ3n) is 5.58. The predicted molar refractivity (Wildman–Crippen MR) is 118 cm³/mol. The highest BCUT2D eigenvalue weighted by Crippen LogP contribution is 2.42. The normalized spacial score (nSPS) is 15.7. The van der Waals surface area contributed by atoms with Gasteiger partial charge in [0.05, 0.1) is 47.5 Å². The SMILES string of the molecule is O=S(=O)(Nc1ncc(F)cn1)c1ccc2c(c1)OCCC2c1ccc(C(F)(F)F)cc1-n1ccnn1. The van der Waals surface area contributed by atoms with Crippen LogP contribution in [0.1, 0.15) is 29.0 Å². The Morgan fingerprint density at radius 3 is 2.50 bits per heavy atom. The molecule has 0 spiro atoms. The van der Waals surface area contributed by atoms with E-state index in [0.29, 0.717) is 17.5 Å². The molecule has 36 heavy (non-hydrogen) atoms. The van der Waals surface area contributed by atoms with Crippen molar-refractivity contribution >= 4 is 16.0 Å². The highest BCUT2D eigenvalue weighted by molar-refractivity contribution is 7.92. The van der Waals surface area contributed by atoms with Crippen molar-refractivity contribution < 1.29 is 30.7 Å². The minimum Gasteiger partial charge on any atom is -0.493 e. The van der Waals surface area contributed by atoms with E-state index in [2.05, 4.69) is 25.0 Å². The average molecular weight is 520 g/mol. The molecule has 3 heterocycles. The summed E-state index contributed by atoms with van der Waals surface area (Å²) in [6.07, 6.45) is 0.333. The van der Waals surface area contributed by atoms with E-state index in [1.54, 1.807) is 6.07 Å². The standard InChI is InChI=1S/C22H16F4N6O3S/c23-14-11-27-21(28-12-14)30-36(33,34)15-2-4-18-16(5-8-35-20(18)10-15)17-3-1-13(22(24,25)26)9-19(17)32-7-6-29-31-32/h1-4,6-7,9-12,16H,5,8H2,(H,27,28,30). The molecule has 0 radical (unpaired) electrons. The van der Waals surface area contributed by atoms with E-state index < -0.39 is 33.5 Å². The molecule has 2 aromatic heterocycles. The van der Waals surface area contributed by atoms with Gasteiger partial charge in [0.25, 0.3) is 10.0 Å². The maximum absolute atomic E-state index is 13.4. The van der Waals surface area contributed by atoms with Crippen LogP contribution in [0.25, 0.3) is 5.69 Å². The summed E-state index contributed by atoms with van der Waals surface area (Å²) in [5, 5.41) is 7.56. The maximum atomic E-state index is 13.4. The van der Waals surface area contributed by atoms with Gasteiger partial charge in [-0.2, -0.15) is 13.2 Å². The van der Waals surface area contributed by atoms with Gasteiger partial charge < -0.3 is 4.74 Å². The van der Waals surface area contributed by atoms with Gasteiger partial charge in [-0.1, -0.05) is 17.3 Å². The van der Waals surface area contributed by atoms with E-state index in [1.165, 1.54) is 35.3 Å². The Hall–Kier alpha value is -4.07. The molecule has 0 amide bonds. The van der Waals surface area contributed by atoms with E-state index in [9.17, 15) is 26.0 Å². The van der Waals surface area contributed by atoms with Crippen LogP contribution in [0.2, 0.25) is 0 Å². The van der Waals surface area contributed by atoms with Crippen molar-refractivity contribution in [2.75, 3.05) is 11.3 Å². The number of anilines is 1. The van der Waals surface area contributed by atoms with Gasteiger partial charge in [-0.3, -0.25) is 0 Å². The number of nitrogens with zero attached hydrogens (tertiary/aromatic N) is 5. The molecule has 1 unspecified atom stereocenters. The van der Waals surface area contributed by atoms with E-state index in [-0.39, 0.29) is 28.9 Å². The van der Waals surface area contributed by atoms with Gasteiger partial charge in [-0.05, 0) is 30.2 Å². The van der Waals surface area contributed by atoms with Crippen LogP contribution in [0.3, 0.4) is 0 Å². The minimum atomic E-state index is -4.55. The van der Waals surface area contributed by atoms with E-state index in [1.807, 2.05) is 0 Å². The topological polar surface area (TPSA) is 112 Å². The molecule has 1 aliphatic heterocycles. The number of sulfonamides is 1. The third kappa shape index (κ3) is 4.58. The lowest BCUT2D eigenvalue weighted by atomic mass is 9.85. The van der Waals surface area contributed by atoms with Crippen LogP contribution in [-0.4, -0.2) is 40.0 Å². The Kier molecular flexibility index (Phi) is 5.82. The van der Waals surface area contributed by atoms with Gasteiger partial charge in [0, 0.05) is 17.5 Å². The van der Waals surface area contributed by atoms with Gasteiger partial charge in [-0.25, -0.2) is 32.2 Å². The first-order valence-corrected chi connectivity index (χ1v) is 11.9. The minimum absolute atomic E-state index is 0.154. The number of alkyl halides is 3. The summed E-state index contributed by atoms with van der Waals surface area (Å²) < 4.78 is 87.9. The molecule has 1 atom stereocenters. The van der Waals surface area contributed by atoms with Gasteiger partial charge in [0.2, 0.25) is 5.95 Å². The van der Waals surface area contributed by atoms with E-state index in [0.717, 1.165) is 24.5 Å². The molecule has 4 aromatic rings. The number of nitrogens with one attached hydrogen (secondary N) is 1. The molecule has 2 aromatic carbocycles. The van der Waals surface area contributed by atoms with Crippen LogP contribution < -0.4 is 9.46 Å². The smallest absolute Gasteiger partial charge is 0.416 e. The quantitative estimate of drug-likeness (QED) is 0.397. The lowest BCUT2D eigenvalue weighted by Gasteiger charge is -2.28. The number of halogens is 4. The second-order valence-corrected chi connectivity index (χ2v) is 9.52. The highest BCUT2D eigenvalue weighted by atomic mass is 32.2. The predicted octanol–water partition coefficient (Wildman–Crippen LogP) is 3.93. The molecule has 1 aliphatic rings. The summed E-state index contributed by atoms with van der Waals surface area (Å²) in [6.45, 7) is 0.202. The van der Waals surface area contributed by atoms with Crippen LogP contribution in [0.15, 0.2) is 66.1 Å². The molecule has 9 nitrogen and oxygen atoms in total. The number of fused-ring (bicyclic) bond motifs is 1. The Labute approximate surface area is 201 Å². The molecular formula is C22H16F4N6O3S. The fraction of sp³-hybridized carbons (Fsp3) is 0.182. The van der Waals surface area contributed by atoms with Crippen LogP contribution in [0.4, 0.5) is 23.5 Å². The highest BCUT2D eigenvalue weighted by Gasteiger charge is 2.33. The van der Waals surface area contributed by atoms with Crippen molar-refractivity contribution in [3.05, 3.63) is 83.7 Å². The van der Waals surface area contributed by atoms with Crippen molar-refractivity contribution in [1.82, 2.24) is 25.0 Å². The molecule has 0 bridgehead atoms. The zero-order chi connectivity index (χ0) is 25.5. The summed E-state index contributed by atoms with van der Waals surface area (Å²) in [4.78, 5) is 7.02. The van der Waals surface area contributed by atoms with Crippen molar-refractivity contribution in [2.24, 2.45) is 0 Å². The van der Waals surface area contributed by atoms with Crippen molar-refractivity contribution in [1.29, 1.82) is 0 Å². The van der Waals surface area contributed by atoms with Crippen molar-refractivity contribution in [2.45, 2.75) is 23.4 Å². The summed E-state index contributed by atoms with van der Waals surface area (Å²) >= 11 is 0. The lowest BCUT2D eigenvalue weighted by molar-refractivity contribution is -0.137. The average Bonchev–Trinajstić information content (AvgIpc) is 3.39. The Morgan fingerprint density at radius 2 is 1.81 bits per heavy atom. The summed E-state index contributed by atoms with van der Waals surface area (Å²) in [5.74, 6) is -1.17. The molecule has 1 N–H and O–H groups in total. The van der Waals surface area contributed by atoms with E-state index in [4.69, 9.17) is 4.74 Å². The van der Waals surface area contributed by atoms with Gasteiger partial charge >= 0.3 is 6.18 Å². The fourth-order valence-electron chi connectivity index (χ4n) is 3.95. The summed E-state index contributed by atoms with van der Waals surface area (Å²) in [7, 11) is -4.13. The van der Waals surface area contributed by atoms with Gasteiger partial charge in [-0.15, -0.1) is 5.10 Å². The van der Waals surface area contributed by atoms with Gasteiger partial charge in [0.15, 0.2) is 5.82 Å². The zero-order valence-electron chi connectivity index (χ0n) is 18.1. The van der Waals surface area contributed by atoms with E-state index >= 15 is 0 Å². The summed E-state index contributed by atoms with van der Waals surface area (Å²) in [5.41, 5.74) is 0.511. The lowest BCUT2D eigenvalue weighted by Crippen LogP contribution is -2.19. The molecular weight excluding hydrogens is 504 g/mol. The number of rotatable bonds is 5. The number of hydrogen-bond acceptors (Lipinski definition) is 7. The van der Waals surface area contributed by atoms with Gasteiger partial charge in [0.1, 0.15) is 5.75 Å². The molecule has 0 saturated carbocycles. The van der Waals surface area contributed by atoms with Crippen LogP contribution in [-0.2, 0) is 16.2 Å². The molecule has 0 fully saturated rings. The second kappa shape index (κ2) is 8.86. The third-order valence-corrected chi connectivity index (χ3v) is 6.91. The first-order chi connectivity index (χ1) is 17.1. The second-order valence-electron chi connectivity index (χ2n) is 7.84. The van der Waals surface area contributed by atoms with Crippen LogP contribution in [0.5, 0.6) is 5.75 Å². The Morgan fingerprint density at radius 1 is 1.06 bits per heavy atom. The monoisotopic (exact) mass is 520 g/mol. The molecule has 14 heteroatoms. The van der Waals surface area contributed by atoms with Crippen LogP contribution >= 0.6 is 0 Å². The van der Waals surface area contributed by atoms with Crippen molar-refractivity contribution in [3.63, 3.8) is 0 Å². The molecule has 0 aliphatic carbocycles. The molecule has 0 saturated heterocycles. The maximum Gasteiger partial charge on any atom is 0.416 e. The van der Waals surface area contributed by atoms with Crippen molar-refractivity contribution in [3.8, 4) is 11.4 Å².